The van der Waals surface area contributed by atoms with Crippen LogP contribution in [0.5, 0.6) is 5.75 Å². The van der Waals surface area contributed by atoms with Crippen LogP contribution < -0.4 is 11.1 Å². The molecule has 0 fully saturated rings. The van der Waals surface area contributed by atoms with Gasteiger partial charge in [0.25, 0.3) is 0 Å². The Labute approximate surface area is 123 Å². The van der Waals surface area contributed by atoms with Crippen molar-refractivity contribution in [1.29, 1.82) is 0 Å². The minimum atomic E-state index is -0.659. The van der Waals surface area contributed by atoms with Crippen LogP contribution in [0.3, 0.4) is 0 Å². The summed E-state index contributed by atoms with van der Waals surface area (Å²) in [5, 5.41) is 16.3. The van der Waals surface area contributed by atoms with E-state index in [0.29, 0.717) is 12.1 Å². The molecule has 0 saturated heterocycles. The summed E-state index contributed by atoms with van der Waals surface area (Å²) in [5.74, 6) is -0.0549. The Bertz CT molecular complexity index is 646. The molecule has 1 amide bonds. The first kappa shape index (κ1) is 15.1. The van der Waals surface area contributed by atoms with Crippen molar-refractivity contribution >= 4 is 11.6 Å². The number of hydrogen-bond acceptors (Lipinski definition) is 4. The van der Waals surface area contributed by atoms with Gasteiger partial charge in [-0.05, 0) is 38.0 Å². The number of phenolic OH excluding ortho intramolecular Hbond substituents is 1. The molecule has 6 nitrogen and oxygen atoms in total. The standard InChI is InChI=1S/C15H20N4O2/c1-9-14(10(2)19(3)18-9)17-15(21)13(16)8-11-4-6-12(20)7-5-11/h4-7,13,20H,8,16H2,1-3H3,(H,17,21)/t13-/m1/s1. The number of nitrogens with zero attached hydrogens (tertiary/aromatic N) is 2. The second-order valence-electron chi connectivity index (χ2n) is 5.14. The molecule has 0 aliphatic heterocycles. The third-order valence-electron chi connectivity index (χ3n) is 3.49. The summed E-state index contributed by atoms with van der Waals surface area (Å²) in [4.78, 5) is 12.2. The maximum Gasteiger partial charge on any atom is 0.241 e. The molecule has 6 heteroatoms. The van der Waals surface area contributed by atoms with Crippen molar-refractivity contribution in [3.8, 4) is 5.75 Å². The Kier molecular flexibility index (Phi) is 4.28. The number of benzene rings is 1. The predicted molar refractivity (Wildman–Crippen MR) is 81.1 cm³/mol. The van der Waals surface area contributed by atoms with Crippen LogP contribution in [0.2, 0.25) is 0 Å². The molecule has 0 radical (unpaired) electrons. The fourth-order valence-corrected chi connectivity index (χ4v) is 2.15. The fraction of sp³-hybridized carbons (Fsp3) is 0.333. The number of anilines is 1. The summed E-state index contributed by atoms with van der Waals surface area (Å²) in [7, 11) is 1.83. The Balaban J connectivity index is 2.04. The van der Waals surface area contributed by atoms with Crippen LogP contribution in [-0.4, -0.2) is 26.8 Å². The van der Waals surface area contributed by atoms with Gasteiger partial charge in [-0.3, -0.25) is 9.48 Å². The van der Waals surface area contributed by atoms with Gasteiger partial charge >= 0.3 is 0 Å². The van der Waals surface area contributed by atoms with Gasteiger partial charge in [-0.25, -0.2) is 0 Å². The molecule has 2 rings (SSSR count). The van der Waals surface area contributed by atoms with Gasteiger partial charge in [0, 0.05) is 7.05 Å². The molecule has 0 spiro atoms. The first-order valence-electron chi connectivity index (χ1n) is 6.73. The average molecular weight is 288 g/mol. The van der Waals surface area contributed by atoms with Crippen LogP contribution in [0.15, 0.2) is 24.3 Å². The topological polar surface area (TPSA) is 93.2 Å². The number of nitrogens with two attached hydrogens (primary N) is 1. The SMILES string of the molecule is Cc1nn(C)c(C)c1NC(=O)[C@H](N)Cc1ccc(O)cc1. The molecule has 21 heavy (non-hydrogen) atoms. The quantitative estimate of drug-likeness (QED) is 0.789. The molecule has 1 aromatic carbocycles. The van der Waals surface area contributed by atoms with Gasteiger partial charge < -0.3 is 16.2 Å². The Morgan fingerprint density at radius 2 is 2.00 bits per heavy atom. The van der Waals surface area contributed by atoms with Gasteiger partial charge in [0.15, 0.2) is 0 Å². The minimum Gasteiger partial charge on any atom is -0.508 e. The number of aromatic nitrogens is 2. The molecule has 1 heterocycles. The molecule has 1 aromatic heterocycles. The molecule has 0 unspecified atom stereocenters. The van der Waals surface area contributed by atoms with E-state index < -0.39 is 6.04 Å². The number of carbonyl (C=O) groups is 1. The number of rotatable bonds is 4. The summed E-state index contributed by atoms with van der Waals surface area (Å²) < 4.78 is 1.72. The predicted octanol–water partition coefficient (Wildman–Crippen LogP) is 1.25. The van der Waals surface area contributed by atoms with Crippen molar-refractivity contribution in [1.82, 2.24) is 9.78 Å². The molecule has 4 N–H and O–H groups in total. The summed E-state index contributed by atoms with van der Waals surface area (Å²) in [6.07, 6.45) is 0.407. The van der Waals surface area contributed by atoms with E-state index in [0.717, 1.165) is 17.0 Å². The number of hydrogen-bond donors (Lipinski definition) is 3. The van der Waals surface area contributed by atoms with E-state index in [1.807, 2.05) is 20.9 Å². The maximum absolute atomic E-state index is 12.2. The van der Waals surface area contributed by atoms with Crippen molar-refractivity contribution in [3.05, 3.63) is 41.2 Å². The van der Waals surface area contributed by atoms with Gasteiger partial charge in [0.1, 0.15) is 5.75 Å². The average Bonchev–Trinajstić information content (AvgIpc) is 2.68. The van der Waals surface area contributed by atoms with Crippen LogP contribution in [-0.2, 0) is 18.3 Å². The first-order valence-corrected chi connectivity index (χ1v) is 6.73. The fourth-order valence-electron chi connectivity index (χ4n) is 2.15. The van der Waals surface area contributed by atoms with E-state index in [9.17, 15) is 9.90 Å². The zero-order chi connectivity index (χ0) is 15.6. The van der Waals surface area contributed by atoms with E-state index in [4.69, 9.17) is 5.73 Å². The molecule has 0 aliphatic rings. The van der Waals surface area contributed by atoms with Crippen molar-refractivity contribution in [2.24, 2.45) is 12.8 Å². The van der Waals surface area contributed by atoms with Gasteiger partial charge in [0.2, 0.25) is 5.91 Å². The maximum atomic E-state index is 12.2. The Morgan fingerprint density at radius 3 is 2.52 bits per heavy atom. The van der Waals surface area contributed by atoms with E-state index in [1.54, 1.807) is 28.9 Å². The van der Waals surface area contributed by atoms with Crippen molar-refractivity contribution in [2.75, 3.05) is 5.32 Å². The highest BCUT2D eigenvalue weighted by molar-refractivity contribution is 5.95. The summed E-state index contributed by atoms with van der Waals surface area (Å²) >= 11 is 0. The number of aromatic hydroxyl groups is 1. The second kappa shape index (κ2) is 5.97. The highest BCUT2D eigenvalue weighted by Gasteiger charge is 2.18. The van der Waals surface area contributed by atoms with Crippen LogP contribution in [0.1, 0.15) is 17.0 Å². The van der Waals surface area contributed by atoms with E-state index in [-0.39, 0.29) is 11.7 Å². The molecule has 1 atom stereocenters. The van der Waals surface area contributed by atoms with Gasteiger partial charge in [-0.2, -0.15) is 5.10 Å². The summed E-state index contributed by atoms with van der Waals surface area (Å²) in [5.41, 5.74) is 9.20. The van der Waals surface area contributed by atoms with E-state index >= 15 is 0 Å². The number of phenols is 1. The summed E-state index contributed by atoms with van der Waals surface area (Å²) in [6.45, 7) is 3.73. The lowest BCUT2D eigenvalue weighted by atomic mass is 10.1. The van der Waals surface area contributed by atoms with Gasteiger partial charge in [-0.1, -0.05) is 12.1 Å². The Morgan fingerprint density at radius 1 is 1.38 bits per heavy atom. The largest absolute Gasteiger partial charge is 0.508 e. The molecular formula is C15H20N4O2. The van der Waals surface area contributed by atoms with Crippen molar-refractivity contribution < 1.29 is 9.90 Å². The second-order valence-corrected chi connectivity index (χ2v) is 5.14. The van der Waals surface area contributed by atoms with Crippen LogP contribution in [0.25, 0.3) is 0 Å². The highest BCUT2D eigenvalue weighted by Crippen LogP contribution is 2.18. The summed E-state index contributed by atoms with van der Waals surface area (Å²) in [6, 6.07) is 6.00. The number of nitrogens with one attached hydrogen (secondary N) is 1. The van der Waals surface area contributed by atoms with Crippen LogP contribution in [0.4, 0.5) is 5.69 Å². The van der Waals surface area contributed by atoms with E-state index in [1.165, 1.54) is 0 Å². The zero-order valence-corrected chi connectivity index (χ0v) is 12.4. The zero-order valence-electron chi connectivity index (χ0n) is 12.4. The monoisotopic (exact) mass is 288 g/mol. The smallest absolute Gasteiger partial charge is 0.241 e. The normalized spacial score (nSPS) is 12.2. The molecular weight excluding hydrogens is 268 g/mol. The van der Waals surface area contributed by atoms with Crippen molar-refractivity contribution in [3.63, 3.8) is 0 Å². The lowest BCUT2D eigenvalue weighted by Gasteiger charge is -2.12. The third kappa shape index (κ3) is 3.41. The molecule has 0 saturated carbocycles. The number of carbonyl (C=O) groups excluding carboxylic acids is 1. The van der Waals surface area contributed by atoms with Crippen LogP contribution in [0, 0.1) is 13.8 Å². The highest BCUT2D eigenvalue weighted by atomic mass is 16.3. The van der Waals surface area contributed by atoms with Crippen molar-refractivity contribution in [2.45, 2.75) is 26.3 Å². The molecule has 0 bridgehead atoms. The van der Waals surface area contributed by atoms with Crippen LogP contribution >= 0.6 is 0 Å². The number of aryl methyl sites for hydroxylation is 2. The first-order chi connectivity index (χ1) is 9.88. The third-order valence-corrected chi connectivity index (χ3v) is 3.49. The Hall–Kier alpha value is -2.34. The van der Waals surface area contributed by atoms with E-state index in [2.05, 4.69) is 10.4 Å². The lowest BCUT2D eigenvalue weighted by molar-refractivity contribution is -0.117. The van der Waals surface area contributed by atoms with Gasteiger partial charge in [-0.15, -0.1) is 0 Å². The molecule has 2 aromatic rings. The lowest BCUT2D eigenvalue weighted by Crippen LogP contribution is -2.37. The van der Waals surface area contributed by atoms with Gasteiger partial charge in [0.05, 0.1) is 23.1 Å². The minimum absolute atomic E-state index is 0.193. The molecule has 0 aliphatic carbocycles. The number of amides is 1. The molecule has 112 valence electrons.